The van der Waals surface area contributed by atoms with Gasteiger partial charge < -0.3 is 15.5 Å². The summed E-state index contributed by atoms with van der Waals surface area (Å²) in [4.78, 5) is 27.1. The van der Waals surface area contributed by atoms with E-state index in [1.54, 1.807) is 48.9 Å². The van der Waals surface area contributed by atoms with Crippen molar-refractivity contribution in [1.82, 2.24) is 14.7 Å². The Morgan fingerprint density at radius 1 is 1.06 bits per heavy atom. The highest BCUT2D eigenvalue weighted by atomic mass is 35.5. The van der Waals surface area contributed by atoms with Crippen LogP contribution in [0.25, 0.3) is 5.69 Å². The molecule has 0 spiro atoms. The van der Waals surface area contributed by atoms with Crippen molar-refractivity contribution in [2.75, 3.05) is 17.2 Å². The van der Waals surface area contributed by atoms with Crippen molar-refractivity contribution in [1.29, 1.82) is 0 Å². The lowest BCUT2D eigenvalue weighted by atomic mass is 9.92. The maximum Gasteiger partial charge on any atom is 0.322 e. The molecule has 2 aromatic carbocycles. The monoisotopic (exact) mass is 519 g/mol. The van der Waals surface area contributed by atoms with Gasteiger partial charge in [0.05, 0.1) is 27.1 Å². The topological polar surface area (TPSA) is 79.3 Å². The molecule has 0 bridgehead atoms. The maximum absolute atomic E-state index is 14.0. The van der Waals surface area contributed by atoms with Crippen LogP contribution >= 0.6 is 23.2 Å². The minimum absolute atomic E-state index is 0.0380. The zero-order valence-corrected chi connectivity index (χ0v) is 21.7. The lowest BCUT2D eigenvalue weighted by molar-refractivity contribution is -0.117. The van der Waals surface area contributed by atoms with E-state index in [0.717, 1.165) is 5.69 Å². The Hall–Kier alpha value is -3.10. The molecule has 0 aliphatic carbocycles. The highest BCUT2D eigenvalue weighted by Crippen LogP contribution is 2.29. The molecule has 0 aliphatic rings. The Labute approximate surface area is 214 Å². The van der Waals surface area contributed by atoms with Crippen LogP contribution in [0.5, 0.6) is 0 Å². The van der Waals surface area contributed by atoms with E-state index in [1.807, 2.05) is 20.8 Å². The van der Waals surface area contributed by atoms with E-state index >= 15 is 0 Å². The fraction of sp³-hybridized carbons (Fsp3) is 0.320. The molecule has 0 radical (unpaired) electrons. The van der Waals surface area contributed by atoms with E-state index in [0.29, 0.717) is 21.6 Å². The van der Waals surface area contributed by atoms with Crippen LogP contribution in [-0.4, -0.2) is 39.2 Å². The average Bonchev–Trinajstić information content (AvgIpc) is 3.19. The maximum atomic E-state index is 14.0. The van der Waals surface area contributed by atoms with Crippen LogP contribution in [0.1, 0.15) is 40.3 Å². The first kappa shape index (κ1) is 26.5. The summed E-state index contributed by atoms with van der Waals surface area (Å²) < 4.78 is 15.6. The van der Waals surface area contributed by atoms with E-state index < -0.39 is 17.8 Å². The van der Waals surface area contributed by atoms with Crippen LogP contribution in [-0.2, 0) is 10.2 Å². The van der Waals surface area contributed by atoms with Gasteiger partial charge in [0.1, 0.15) is 18.2 Å². The fourth-order valence-corrected chi connectivity index (χ4v) is 3.52. The molecule has 3 amide bonds. The number of amides is 3. The molecule has 1 heterocycles. The SMILES string of the molecule is CC(C)N(CC(=O)Nc1cc(C(C)(C)C)nn1-c1ccc(Cl)c(Cl)c1)C(=O)Nc1ccccc1F. The first-order valence-corrected chi connectivity index (χ1v) is 11.8. The van der Waals surface area contributed by atoms with Crippen LogP contribution in [0, 0.1) is 5.82 Å². The van der Waals surface area contributed by atoms with Gasteiger partial charge in [-0.3, -0.25) is 4.79 Å². The molecular formula is C25H28Cl2FN5O2. The van der Waals surface area contributed by atoms with Crippen molar-refractivity contribution < 1.29 is 14.0 Å². The molecule has 0 unspecified atom stereocenters. The van der Waals surface area contributed by atoms with Gasteiger partial charge in [-0.2, -0.15) is 5.10 Å². The molecule has 0 fully saturated rings. The van der Waals surface area contributed by atoms with Crippen molar-refractivity contribution >= 4 is 46.6 Å². The normalized spacial score (nSPS) is 11.5. The summed E-state index contributed by atoms with van der Waals surface area (Å²) in [5, 5.41) is 10.8. The molecule has 35 heavy (non-hydrogen) atoms. The smallest absolute Gasteiger partial charge is 0.313 e. The number of nitrogens with one attached hydrogen (secondary N) is 2. The molecular weight excluding hydrogens is 492 g/mol. The predicted molar refractivity (Wildman–Crippen MR) is 138 cm³/mol. The first-order chi connectivity index (χ1) is 16.4. The number of nitrogens with zero attached hydrogens (tertiary/aromatic N) is 3. The summed E-state index contributed by atoms with van der Waals surface area (Å²) in [6, 6.07) is 11.8. The van der Waals surface area contributed by atoms with Gasteiger partial charge in [0.15, 0.2) is 0 Å². The largest absolute Gasteiger partial charge is 0.322 e. The molecule has 3 aromatic rings. The molecule has 1 aromatic heterocycles. The van der Waals surface area contributed by atoms with Gasteiger partial charge in [0.25, 0.3) is 0 Å². The number of anilines is 2. The van der Waals surface area contributed by atoms with E-state index in [9.17, 15) is 14.0 Å². The minimum atomic E-state index is -0.589. The zero-order valence-electron chi connectivity index (χ0n) is 20.2. The average molecular weight is 520 g/mol. The van der Waals surface area contributed by atoms with E-state index in [1.165, 1.54) is 23.1 Å². The summed E-state index contributed by atoms with van der Waals surface area (Å²) in [5.74, 6) is -0.588. The second-order valence-corrected chi connectivity index (χ2v) is 10.2. The lowest BCUT2D eigenvalue weighted by Crippen LogP contribution is -2.44. The molecule has 10 heteroatoms. The first-order valence-electron chi connectivity index (χ1n) is 11.0. The van der Waals surface area contributed by atoms with Crippen LogP contribution in [0.3, 0.4) is 0 Å². The van der Waals surface area contributed by atoms with Crippen molar-refractivity contribution in [2.45, 2.75) is 46.1 Å². The Kier molecular flexibility index (Phi) is 8.07. The number of aromatic nitrogens is 2. The molecule has 2 N–H and O–H groups in total. The third kappa shape index (κ3) is 6.52. The number of urea groups is 1. The summed E-state index contributed by atoms with van der Waals surface area (Å²) >= 11 is 12.3. The molecule has 186 valence electrons. The van der Waals surface area contributed by atoms with E-state index in [4.69, 9.17) is 23.2 Å². The lowest BCUT2D eigenvalue weighted by Gasteiger charge is -2.26. The van der Waals surface area contributed by atoms with Gasteiger partial charge in [-0.25, -0.2) is 13.9 Å². The van der Waals surface area contributed by atoms with Gasteiger partial charge in [-0.1, -0.05) is 56.1 Å². The van der Waals surface area contributed by atoms with Crippen LogP contribution in [0.2, 0.25) is 10.0 Å². The predicted octanol–water partition coefficient (Wildman–Crippen LogP) is 6.50. The molecule has 0 atom stereocenters. The molecule has 3 rings (SSSR count). The second-order valence-electron chi connectivity index (χ2n) is 9.35. The number of halogens is 3. The van der Waals surface area contributed by atoms with Crippen molar-refractivity contribution in [3.8, 4) is 5.69 Å². The molecule has 7 nitrogen and oxygen atoms in total. The minimum Gasteiger partial charge on any atom is -0.313 e. The van der Waals surface area contributed by atoms with Crippen LogP contribution in [0.4, 0.5) is 20.7 Å². The number of rotatable bonds is 6. The third-order valence-electron chi connectivity index (χ3n) is 5.21. The Morgan fingerprint density at radius 2 is 1.74 bits per heavy atom. The Morgan fingerprint density at radius 3 is 2.34 bits per heavy atom. The van der Waals surface area contributed by atoms with Gasteiger partial charge in [-0.15, -0.1) is 0 Å². The summed E-state index contributed by atoms with van der Waals surface area (Å²) in [6.07, 6.45) is 0. The van der Waals surface area contributed by atoms with Crippen molar-refractivity contribution in [2.24, 2.45) is 0 Å². The standard InChI is InChI=1S/C25H28Cl2FN5O2/c1-15(2)32(24(35)29-20-9-7-6-8-19(20)28)14-23(34)30-22-13-21(25(3,4)5)31-33(22)16-10-11-17(26)18(27)12-16/h6-13,15H,14H2,1-5H3,(H,29,35)(H,30,34). The highest BCUT2D eigenvalue weighted by molar-refractivity contribution is 6.42. The van der Waals surface area contributed by atoms with Crippen molar-refractivity contribution in [3.63, 3.8) is 0 Å². The number of carbonyl (C=O) groups is 2. The van der Waals surface area contributed by atoms with Gasteiger partial charge in [0, 0.05) is 17.5 Å². The zero-order chi connectivity index (χ0) is 25.9. The number of benzene rings is 2. The third-order valence-corrected chi connectivity index (χ3v) is 5.95. The van der Waals surface area contributed by atoms with Crippen molar-refractivity contribution in [3.05, 3.63) is 70.1 Å². The summed E-state index contributed by atoms with van der Waals surface area (Å²) in [5.41, 5.74) is 1.11. The molecule has 0 saturated carbocycles. The quantitative estimate of drug-likeness (QED) is 0.390. The van der Waals surface area contributed by atoms with Gasteiger partial charge in [0.2, 0.25) is 5.91 Å². The second kappa shape index (κ2) is 10.7. The number of para-hydroxylation sites is 1. The van der Waals surface area contributed by atoms with Gasteiger partial charge in [-0.05, 0) is 44.2 Å². The summed E-state index contributed by atoms with van der Waals surface area (Å²) in [6.45, 7) is 9.31. The van der Waals surface area contributed by atoms with Crippen LogP contribution < -0.4 is 10.6 Å². The summed E-state index contributed by atoms with van der Waals surface area (Å²) in [7, 11) is 0. The molecule has 0 aliphatic heterocycles. The number of carbonyl (C=O) groups excluding carboxylic acids is 2. The van der Waals surface area contributed by atoms with Gasteiger partial charge >= 0.3 is 6.03 Å². The number of hydrogen-bond acceptors (Lipinski definition) is 3. The molecule has 0 saturated heterocycles. The Balaban J connectivity index is 1.84. The highest BCUT2D eigenvalue weighted by Gasteiger charge is 2.25. The van der Waals surface area contributed by atoms with E-state index in [2.05, 4.69) is 15.7 Å². The van der Waals surface area contributed by atoms with Crippen LogP contribution in [0.15, 0.2) is 48.5 Å². The number of hydrogen-bond donors (Lipinski definition) is 2. The van der Waals surface area contributed by atoms with E-state index in [-0.39, 0.29) is 23.7 Å². The Bertz CT molecular complexity index is 1240. The fourth-order valence-electron chi connectivity index (χ4n) is 3.23.